The zero-order chi connectivity index (χ0) is 9.60. The van der Waals surface area contributed by atoms with Crippen LogP contribution in [0, 0.1) is 0 Å². The van der Waals surface area contributed by atoms with Crippen molar-refractivity contribution < 1.29 is 9.53 Å². The smallest absolute Gasteiger partial charge is 0.306 e. The lowest BCUT2D eigenvalue weighted by atomic mass is 9.72. The van der Waals surface area contributed by atoms with E-state index in [4.69, 9.17) is 4.74 Å². The summed E-state index contributed by atoms with van der Waals surface area (Å²) in [5.41, 5.74) is 1.43. The van der Waals surface area contributed by atoms with Crippen LogP contribution < -0.4 is 0 Å². The van der Waals surface area contributed by atoms with E-state index in [2.05, 4.69) is 11.4 Å². The van der Waals surface area contributed by atoms with Crippen LogP contribution >= 0.6 is 11.3 Å². The average Bonchev–Trinajstić information content (AvgIpc) is 2.75. The molecule has 1 spiro atoms. The number of hydrogen-bond donors (Lipinski definition) is 0. The Kier molecular flexibility index (Phi) is 1.71. The molecule has 0 bridgehead atoms. The quantitative estimate of drug-likeness (QED) is 0.611. The van der Waals surface area contributed by atoms with Crippen LogP contribution in [-0.2, 0) is 21.4 Å². The van der Waals surface area contributed by atoms with Gasteiger partial charge in [0.25, 0.3) is 0 Å². The Morgan fingerprint density at radius 3 is 3.21 bits per heavy atom. The molecule has 2 heterocycles. The van der Waals surface area contributed by atoms with Gasteiger partial charge in [0, 0.05) is 10.3 Å². The molecule has 3 rings (SSSR count). The summed E-state index contributed by atoms with van der Waals surface area (Å²) >= 11 is 1.82. The van der Waals surface area contributed by atoms with Crippen molar-refractivity contribution >= 4 is 17.3 Å². The van der Waals surface area contributed by atoms with Crippen LogP contribution in [0.15, 0.2) is 11.4 Å². The fourth-order valence-corrected chi connectivity index (χ4v) is 3.70. The van der Waals surface area contributed by atoms with Crippen molar-refractivity contribution in [1.29, 1.82) is 0 Å². The first-order chi connectivity index (χ1) is 6.80. The Balaban J connectivity index is 2.07. The van der Waals surface area contributed by atoms with Gasteiger partial charge in [-0.15, -0.1) is 11.3 Å². The normalized spacial score (nSPS) is 30.4. The zero-order valence-electron chi connectivity index (χ0n) is 7.91. The number of fused-ring (bicyclic) bond motifs is 2. The molecular weight excluding hydrogens is 196 g/mol. The zero-order valence-corrected chi connectivity index (χ0v) is 8.73. The largest absolute Gasteiger partial charge is 0.465 e. The summed E-state index contributed by atoms with van der Waals surface area (Å²) in [5.74, 6) is -0.0240. The summed E-state index contributed by atoms with van der Waals surface area (Å²) < 4.78 is 5.14. The molecule has 1 saturated heterocycles. The number of rotatable bonds is 0. The van der Waals surface area contributed by atoms with Gasteiger partial charge in [-0.25, -0.2) is 0 Å². The molecule has 1 unspecified atom stereocenters. The van der Waals surface area contributed by atoms with Crippen LogP contribution in [0.5, 0.6) is 0 Å². The summed E-state index contributed by atoms with van der Waals surface area (Å²) in [7, 11) is 0. The molecule has 1 aliphatic carbocycles. The summed E-state index contributed by atoms with van der Waals surface area (Å²) in [6, 6.07) is 2.18. The predicted molar refractivity (Wildman–Crippen MR) is 54.5 cm³/mol. The lowest BCUT2D eigenvalue weighted by Gasteiger charge is -2.30. The lowest BCUT2D eigenvalue weighted by molar-refractivity contribution is -0.137. The van der Waals surface area contributed by atoms with Crippen LogP contribution in [0.3, 0.4) is 0 Å². The van der Waals surface area contributed by atoms with Crippen molar-refractivity contribution in [2.45, 2.75) is 31.1 Å². The molecule has 1 atom stereocenters. The van der Waals surface area contributed by atoms with Gasteiger partial charge in [-0.2, -0.15) is 0 Å². The fraction of sp³-hybridized carbons (Fsp3) is 0.545. The molecular formula is C11H12O2S. The van der Waals surface area contributed by atoms with Crippen LogP contribution in [-0.4, -0.2) is 12.6 Å². The number of carbonyl (C=O) groups is 1. The summed E-state index contributed by atoms with van der Waals surface area (Å²) in [6.07, 6.45) is 4.09. The lowest BCUT2D eigenvalue weighted by Crippen LogP contribution is -2.30. The van der Waals surface area contributed by atoms with Gasteiger partial charge < -0.3 is 4.74 Å². The third-order valence-corrected chi connectivity index (χ3v) is 4.35. The number of thiophene rings is 1. The highest BCUT2D eigenvalue weighted by Gasteiger charge is 2.44. The van der Waals surface area contributed by atoms with Gasteiger partial charge in [0.2, 0.25) is 0 Å². The van der Waals surface area contributed by atoms with Crippen LogP contribution in [0.1, 0.15) is 29.7 Å². The summed E-state index contributed by atoms with van der Waals surface area (Å²) in [6.45, 7) is 0.607. The van der Waals surface area contributed by atoms with Crippen molar-refractivity contribution in [3.8, 4) is 0 Å². The maximum atomic E-state index is 11.2. The van der Waals surface area contributed by atoms with Gasteiger partial charge in [-0.05, 0) is 36.3 Å². The Labute approximate surface area is 86.9 Å². The molecule has 3 heteroatoms. The average molecular weight is 208 g/mol. The molecule has 0 N–H and O–H groups in total. The first-order valence-corrected chi connectivity index (χ1v) is 5.91. The fourth-order valence-electron chi connectivity index (χ4n) is 2.66. The van der Waals surface area contributed by atoms with E-state index < -0.39 is 0 Å². The summed E-state index contributed by atoms with van der Waals surface area (Å²) in [4.78, 5) is 12.7. The second-order valence-electron chi connectivity index (χ2n) is 4.23. The minimum Gasteiger partial charge on any atom is -0.465 e. The number of cyclic esters (lactones) is 1. The molecule has 1 aliphatic heterocycles. The number of ether oxygens (including phenoxy) is 1. The molecule has 2 aliphatic rings. The Morgan fingerprint density at radius 1 is 1.50 bits per heavy atom. The van der Waals surface area contributed by atoms with Crippen molar-refractivity contribution in [2.75, 3.05) is 6.61 Å². The number of carbonyl (C=O) groups excluding carboxylic acids is 1. The third kappa shape index (κ3) is 1.05. The molecule has 0 saturated carbocycles. The van der Waals surface area contributed by atoms with E-state index in [0.717, 1.165) is 6.42 Å². The molecule has 0 amide bonds. The molecule has 1 aromatic heterocycles. The van der Waals surface area contributed by atoms with E-state index >= 15 is 0 Å². The Morgan fingerprint density at radius 2 is 2.43 bits per heavy atom. The maximum absolute atomic E-state index is 11.2. The second kappa shape index (κ2) is 2.83. The topological polar surface area (TPSA) is 26.3 Å². The van der Waals surface area contributed by atoms with E-state index in [0.29, 0.717) is 13.0 Å². The SMILES string of the molecule is O=C1CC2(CCCc3sccc32)CO1. The number of aryl methyl sites for hydroxylation is 1. The van der Waals surface area contributed by atoms with Crippen molar-refractivity contribution in [3.05, 3.63) is 21.9 Å². The highest BCUT2D eigenvalue weighted by molar-refractivity contribution is 7.10. The Hall–Kier alpha value is -0.830. The third-order valence-electron chi connectivity index (χ3n) is 3.37. The molecule has 1 fully saturated rings. The van der Waals surface area contributed by atoms with Crippen LogP contribution in [0.25, 0.3) is 0 Å². The minimum absolute atomic E-state index is 0.0240. The molecule has 0 aromatic carbocycles. The van der Waals surface area contributed by atoms with E-state index in [1.165, 1.54) is 23.3 Å². The van der Waals surface area contributed by atoms with Crippen LogP contribution in [0.4, 0.5) is 0 Å². The Bertz CT molecular complexity index is 382. The van der Waals surface area contributed by atoms with Gasteiger partial charge in [0.1, 0.15) is 6.61 Å². The van der Waals surface area contributed by atoms with E-state index in [9.17, 15) is 4.79 Å². The van der Waals surface area contributed by atoms with Gasteiger partial charge in [-0.1, -0.05) is 0 Å². The summed E-state index contributed by atoms with van der Waals surface area (Å²) in [5, 5.41) is 2.14. The monoisotopic (exact) mass is 208 g/mol. The first kappa shape index (κ1) is 8.48. The standard InChI is InChI=1S/C11H12O2S/c12-10-6-11(7-13-10)4-1-2-9-8(11)3-5-14-9/h3,5H,1-2,4,6-7H2. The van der Waals surface area contributed by atoms with Crippen molar-refractivity contribution in [2.24, 2.45) is 0 Å². The first-order valence-electron chi connectivity index (χ1n) is 5.03. The molecule has 74 valence electrons. The number of esters is 1. The second-order valence-corrected chi connectivity index (χ2v) is 5.23. The number of hydrogen-bond acceptors (Lipinski definition) is 3. The van der Waals surface area contributed by atoms with Gasteiger partial charge in [0.15, 0.2) is 0 Å². The van der Waals surface area contributed by atoms with E-state index in [1.54, 1.807) is 0 Å². The van der Waals surface area contributed by atoms with Gasteiger partial charge >= 0.3 is 5.97 Å². The molecule has 2 nitrogen and oxygen atoms in total. The van der Waals surface area contributed by atoms with Gasteiger partial charge in [0.05, 0.1) is 6.42 Å². The van der Waals surface area contributed by atoms with E-state index in [1.807, 2.05) is 11.3 Å². The van der Waals surface area contributed by atoms with Crippen molar-refractivity contribution in [1.82, 2.24) is 0 Å². The van der Waals surface area contributed by atoms with Crippen LogP contribution in [0.2, 0.25) is 0 Å². The maximum Gasteiger partial charge on any atom is 0.306 e. The van der Waals surface area contributed by atoms with E-state index in [-0.39, 0.29) is 11.4 Å². The molecule has 1 aromatic rings. The highest BCUT2D eigenvalue weighted by Crippen LogP contribution is 2.45. The minimum atomic E-state index is -0.0240. The molecule has 0 radical (unpaired) electrons. The highest BCUT2D eigenvalue weighted by atomic mass is 32.1. The molecule has 14 heavy (non-hydrogen) atoms. The van der Waals surface area contributed by atoms with Gasteiger partial charge in [-0.3, -0.25) is 4.79 Å². The predicted octanol–water partition coefficient (Wildman–Crippen LogP) is 2.27. The van der Waals surface area contributed by atoms with Crippen molar-refractivity contribution in [3.63, 3.8) is 0 Å².